The second kappa shape index (κ2) is 6.40. The van der Waals surface area contributed by atoms with E-state index in [0.29, 0.717) is 13.1 Å². The van der Waals surface area contributed by atoms with Crippen molar-refractivity contribution in [1.82, 2.24) is 14.6 Å². The molecule has 1 aromatic heterocycles. The first-order valence-electron chi connectivity index (χ1n) is 6.93. The lowest BCUT2D eigenvalue weighted by Gasteiger charge is -2.29. The lowest BCUT2D eigenvalue weighted by molar-refractivity contribution is -0.133. The van der Waals surface area contributed by atoms with E-state index in [2.05, 4.69) is 9.71 Å². The van der Waals surface area contributed by atoms with Gasteiger partial charge in [0.1, 0.15) is 10.7 Å². The van der Waals surface area contributed by atoms with Crippen molar-refractivity contribution in [2.45, 2.75) is 37.1 Å². The predicted octanol–water partition coefficient (Wildman–Crippen LogP) is 0.343. The van der Waals surface area contributed by atoms with E-state index in [0.717, 1.165) is 19.3 Å². The second-order valence-corrected chi connectivity index (χ2v) is 6.80. The largest absolute Gasteiger partial charge is 0.383 e. The van der Waals surface area contributed by atoms with E-state index >= 15 is 0 Å². The standard InChI is InChI=1S/C13H20N4O3S/c1-10(13(18)17-8-3-2-4-9-17)16-21(19,20)11-6-5-7-15-12(11)14/h5-7,10,16H,2-4,8-9H2,1H3,(H2,14,15). The molecule has 1 saturated heterocycles. The molecule has 0 saturated carbocycles. The Morgan fingerprint density at radius 2 is 2.05 bits per heavy atom. The molecule has 1 aromatic rings. The number of piperidine rings is 1. The molecule has 3 N–H and O–H groups in total. The van der Waals surface area contributed by atoms with Gasteiger partial charge in [-0.25, -0.2) is 13.4 Å². The number of rotatable bonds is 4. The summed E-state index contributed by atoms with van der Waals surface area (Å²) < 4.78 is 26.9. The molecule has 8 heteroatoms. The predicted molar refractivity (Wildman–Crippen MR) is 78.9 cm³/mol. The number of hydrogen-bond donors (Lipinski definition) is 2. The van der Waals surface area contributed by atoms with Crippen LogP contribution in [0.25, 0.3) is 0 Å². The third-order valence-electron chi connectivity index (χ3n) is 3.46. The molecule has 21 heavy (non-hydrogen) atoms. The van der Waals surface area contributed by atoms with E-state index in [1.165, 1.54) is 18.3 Å². The number of nitrogens with two attached hydrogens (primary N) is 1. The van der Waals surface area contributed by atoms with Crippen molar-refractivity contribution < 1.29 is 13.2 Å². The Morgan fingerprint density at radius 1 is 1.38 bits per heavy atom. The van der Waals surface area contributed by atoms with Gasteiger partial charge in [-0.2, -0.15) is 4.72 Å². The highest BCUT2D eigenvalue weighted by molar-refractivity contribution is 7.89. The molecule has 0 aromatic carbocycles. The third-order valence-corrected chi connectivity index (χ3v) is 5.05. The number of carbonyl (C=O) groups excluding carboxylic acids is 1. The fourth-order valence-electron chi connectivity index (χ4n) is 2.36. The molecule has 0 radical (unpaired) electrons. The van der Waals surface area contributed by atoms with Crippen LogP contribution in [0.4, 0.5) is 5.82 Å². The molecular weight excluding hydrogens is 292 g/mol. The number of nitrogen functional groups attached to an aromatic ring is 1. The number of sulfonamides is 1. The van der Waals surface area contributed by atoms with E-state index in [1.807, 2.05) is 0 Å². The summed E-state index contributed by atoms with van der Waals surface area (Å²) in [5.74, 6) is -0.289. The van der Waals surface area contributed by atoms with Crippen LogP contribution < -0.4 is 10.5 Å². The van der Waals surface area contributed by atoms with Gasteiger partial charge in [0.25, 0.3) is 0 Å². The first-order chi connectivity index (χ1) is 9.92. The first-order valence-corrected chi connectivity index (χ1v) is 8.42. The zero-order valence-corrected chi connectivity index (χ0v) is 12.8. The van der Waals surface area contributed by atoms with Crippen LogP contribution in [0, 0.1) is 0 Å². The molecule has 7 nitrogen and oxygen atoms in total. The van der Waals surface area contributed by atoms with Crippen molar-refractivity contribution in [3.8, 4) is 0 Å². The number of carbonyl (C=O) groups is 1. The van der Waals surface area contributed by atoms with Gasteiger partial charge < -0.3 is 10.6 Å². The topological polar surface area (TPSA) is 105 Å². The number of hydrogen-bond acceptors (Lipinski definition) is 5. The van der Waals surface area contributed by atoms with Crippen LogP contribution in [0.15, 0.2) is 23.2 Å². The molecule has 1 fully saturated rings. The van der Waals surface area contributed by atoms with Crippen molar-refractivity contribution in [3.05, 3.63) is 18.3 Å². The number of likely N-dealkylation sites (tertiary alicyclic amines) is 1. The van der Waals surface area contributed by atoms with Crippen molar-refractivity contribution >= 4 is 21.7 Å². The van der Waals surface area contributed by atoms with Gasteiger partial charge in [0, 0.05) is 19.3 Å². The summed E-state index contributed by atoms with van der Waals surface area (Å²) in [6.07, 6.45) is 4.44. The van der Waals surface area contributed by atoms with Crippen molar-refractivity contribution in [3.63, 3.8) is 0 Å². The molecule has 1 aliphatic heterocycles. The molecule has 1 atom stereocenters. The van der Waals surface area contributed by atoms with Gasteiger partial charge in [-0.3, -0.25) is 4.79 Å². The maximum atomic E-state index is 12.2. The summed E-state index contributed by atoms with van der Waals surface area (Å²) in [7, 11) is -3.86. The van der Waals surface area contributed by atoms with Gasteiger partial charge in [0.15, 0.2) is 0 Å². The van der Waals surface area contributed by atoms with E-state index < -0.39 is 16.1 Å². The Bertz CT molecular complexity index is 612. The zero-order valence-electron chi connectivity index (χ0n) is 11.9. The number of nitrogens with zero attached hydrogens (tertiary/aromatic N) is 2. The fourth-order valence-corrected chi connectivity index (χ4v) is 3.64. The fraction of sp³-hybridized carbons (Fsp3) is 0.538. The molecular formula is C13H20N4O3S. The van der Waals surface area contributed by atoms with Crippen LogP contribution in [0.3, 0.4) is 0 Å². The summed E-state index contributed by atoms with van der Waals surface area (Å²) in [4.78, 5) is 17.6. The lowest BCUT2D eigenvalue weighted by Crippen LogP contribution is -2.48. The summed E-state index contributed by atoms with van der Waals surface area (Å²) in [5.41, 5.74) is 5.58. The maximum absolute atomic E-state index is 12.2. The Morgan fingerprint density at radius 3 is 2.67 bits per heavy atom. The third kappa shape index (κ3) is 3.70. The number of nitrogens with one attached hydrogen (secondary N) is 1. The van der Waals surface area contributed by atoms with Gasteiger partial charge in [0.05, 0.1) is 6.04 Å². The van der Waals surface area contributed by atoms with Crippen LogP contribution in [0.1, 0.15) is 26.2 Å². The Hall–Kier alpha value is -1.67. The number of aromatic nitrogens is 1. The minimum absolute atomic E-state index is 0.0809. The highest BCUT2D eigenvalue weighted by Gasteiger charge is 2.27. The van der Waals surface area contributed by atoms with E-state index in [9.17, 15) is 13.2 Å². The van der Waals surface area contributed by atoms with E-state index in [1.54, 1.807) is 11.8 Å². The molecule has 0 bridgehead atoms. The lowest BCUT2D eigenvalue weighted by atomic mass is 10.1. The average Bonchev–Trinajstić information content (AvgIpc) is 2.47. The van der Waals surface area contributed by atoms with Crippen LogP contribution >= 0.6 is 0 Å². The van der Waals surface area contributed by atoms with Gasteiger partial charge in [-0.1, -0.05) is 0 Å². The number of amides is 1. The number of anilines is 1. The Labute approximate surface area is 124 Å². The zero-order chi connectivity index (χ0) is 15.5. The minimum atomic E-state index is -3.86. The molecule has 2 rings (SSSR count). The van der Waals surface area contributed by atoms with Gasteiger partial charge in [-0.15, -0.1) is 0 Å². The van der Waals surface area contributed by atoms with Crippen LogP contribution in [-0.4, -0.2) is 43.3 Å². The molecule has 0 spiro atoms. The summed E-state index contributed by atoms with van der Waals surface area (Å²) >= 11 is 0. The Balaban J connectivity index is 2.09. The SMILES string of the molecule is CC(NS(=O)(=O)c1cccnc1N)C(=O)N1CCCCC1. The molecule has 0 aliphatic carbocycles. The quantitative estimate of drug-likeness (QED) is 0.834. The van der Waals surface area contributed by atoms with Gasteiger partial charge >= 0.3 is 0 Å². The normalized spacial score (nSPS) is 17.5. The molecule has 1 unspecified atom stereocenters. The minimum Gasteiger partial charge on any atom is -0.383 e. The van der Waals surface area contributed by atoms with Crippen LogP contribution in [0.5, 0.6) is 0 Å². The highest BCUT2D eigenvalue weighted by Crippen LogP contribution is 2.16. The highest BCUT2D eigenvalue weighted by atomic mass is 32.2. The van der Waals surface area contributed by atoms with E-state index in [-0.39, 0.29) is 16.6 Å². The second-order valence-electron chi connectivity index (χ2n) is 5.12. The van der Waals surface area contributed by atoms with Gasteiger partial charge in [-0.05, 0) is 38.3 Å². The molecule has 1 aliphatic rings. The molecule has 2 heterocycles. The first kappa shape index (κ1) is 15.7. The summed E-state index contributed by atoms with van der Waals surface area (Å²) in [6.45, 7) is 2.90. The summed E-state index contributed by atoms with van der Waals surface area (Å²) in [6, 6.07) is 2.03. The maximum Gasteiger partial charge on any atom is 0.244 e. The average molecular weight is 312 g/mol. The monoisotopic (exact) mass is 312 g/mol. The van der Waals surface area contributed by atoms with Gasteiger partial charge in [0.2, 0.25) is 15.9 Å². The Kier molecular flexibility index (Phi) is 4.79. The molecule has 116 valence electrons. The van der Waals surface area contributed by atoms with Crippen molar-refractivity contribution in [2.24, 2.45) is 0 Å². The van der Waals surface area contributed by atoms with Crippen LogP contribution in [0.2, 0.25) is 0 Å². The van der Waals surface area contributed by atoms with Crippen molar-refractivity contribution in [2.75, 3.05) is 18.8 Å². The number of pyridine rings is 1. The van der Waals surface area contributed by atoms with Crippen LogP contribution in [-0.2, 0) is 14.8 Å². The summed E-state index contributed by atoms with van der Waals surface area (Å²) in [5, 5.41) is 0. The smallest absolute Gasteiger partial charge is 0.244 e. The van der Waals surface area contributed by atoms with Crippen molar-refractivity contribution in [1.29, 1.82) is 0 Å². The molecule has 1 amide bonds. The van der Waals surface area contributed by atoms with E-state index in [4.69, 9.17) is 5.73 Å².